The van der Waals surface area contributed by atoms with Crippen LogP contribution >= 0.6 is 0 Å². The Bertz CT molecular complexity index is 4190. The van der Waals surface area contributed by atoms with Gasteiger partial charge in [0, 0.05) is 75.9 Å². The molecular weight excluding hydrogens is 1580 g/mol. The van der Waals surface area contributed by atoms with E-state index in [0.29, 0.717) is 26.9 Å². The van der Waals surface area contributed by atoms with Crippen LogP contribution in [0.2, 0.25) is 0 Å². The number of carboxylic acids is 3. The Labute approximate surface area is 700 Å². The molecule has 6 rings (SSSR count). The van der Waals surface area contributed by atoms with Crippen LogP contribution in [-0.4, -0.2) is 270 Å². The molecule has 0 unspecified atom stereocenters. The van der Waals surface area contributed by atoms with Gasteiger partial charge in [0.1, 0.15) is 78.3 Å². The van der Waals surface area contributed by atoms with Gasteiger partial charge in [-0.05, 0) is 163 Å². The number of nitrogens with zero attached hydrogens (tertiary/aromatic N) is 5. The number of aliphatic imine (C=N–C) groups is 1. The van der Waals surface area contributed by atoms with Crippen molar-refractivity contribution in [2.24, 2.45) is 51.2 Å². The first-order valence-electron chi connectivity index (χ1n) is 41.0. The van der Waals surface area contributed by atoms with Crippen LogP contribution in [0.15, 0.2) is 59.7 Å². The van der Waals surface area contributed by atoms with E-state index in [1.165, 1.54) is 36.2 Å². The highest BCUT2D eigenvalue weighted by atomic mass is 16.4. The van der Waals surface area contributed by atoms with Crippen molar-refractivity contribution in [1.82, 2.24) is 67.1 Å². The second kappa shape index (κ2) is 47.8. The lowest BCUT2D eigenvalue weighted by Crippen LogP contribution is -2.64. The van der Waals surface area contributed by atoms with Crippen LogP contribution in [0.3, 0.4) is 0 Å². The molecule has 0 saturated carbocycles. The van der Waals surface area contributed by atoms with Crippen LogP contribution in [-0.2, 0) is 94.3 Å². The Balaban J connectivity index is 1.37. The minimum absolute atomic E-state index is 0.0323. The number of imide groups is 1. The average Bonchev–Trinajstić information content (AvgIpc) is 1.77. The number of aliphatic carboxylic acids is 3. The number of H-pyrrole nitrogens is 1. The van der Waals surface area contributed by atoms with Crippen molar-refractivity contribution in [3.8, 4) is 5.75 Å². The number of carboxylic acid groups (broad SMARTS) is 3. The summed E-state index contributed by atoms with van der Waals surface area (Å²) >= 11 is 0. The van der Waals surface area contributed by atoms with Gasteiger partial charge in [-0.2, -0.15) is 0 Å². The molecule has 1 aromatic heterocycles. The molecule has 0 aliphatic carbocycles. The fraction of sp³-hybridized carbons (Fsp3) is 0.600. The number of para-hydroxylation sites is 1. The van der Waals surface area contributed by atoms with Gasteiger partial charge < -0.3 is 117 Å². The molecule has 25 N–H and O–H groups in total. The van der Waals surface area contributed by atoms with E-state index in [0.717, 1.165) is 9.80 Å². The van der Waals surface area contributed by atoms with Crippen molar-refractivity contribution in [3.63, 3.8) is 0 Å². The largest absolute Gasteiger partial charge is 0.508 e. The molecule has 121 heavy (non-hydrogen) atoms. The van der Waals surface area contributed by atoms with Crippen molar-refractivity contribution in [1.29, 1.82) is 0 Å². The van der Waals surface area contributed by atoms with E-state index in [-0.39, 0.29) is 160 Å². The summed E-state index contributed by atoms with van der Waals surface area (Å²) in [6.07, 6.45) is -3.51. The monoisotopic (exact) mass is 1700 g/mol. The summed E-state index contributed by atoms with van der Waals surface area (Å²) < 4.78 is 0. The van der Waals surface area contributed by atoms with Gasteiger partial charge in [0.25, 0.3) is 11.8 Å². The highest BCUT2D eigenvalue weighted by Gasteiger charge is 2.50. The van der Waals surface area contributed by atoms with Crippen molar-refractivity contribution in [3.05, 3.63) is 65.9 Å². The average molecular weight is 1700 g/mol. The summed E-state index contributed by atoms with van der Waals surface area (Å²) in [6, 6.07) is -8.60. The van der Waals surface area contributed by atoms with Crippen LogP contribution in [0.5, 0.6) is 5.75 Å². The van der Waals surface area contributed by atoms with Crippen molar-refractivity contribution in [2.45, 2.75) is 254 Å². The zero-order valence-electron chi connectivity index (χ0n) is 69.1. The van der Waals surface area contributed by atoms with Crippen LogP contribution in [0, 0.1) is 11.8 Å². The summed E-state index contributed by atoms with van der Waals surface area (Å²) in [5.74, 6) is -19.8. The Kier molecular flexibility index (Phi) is 38.7. The van der Waals surface area contributed by atoms with Crippen LogP contribution in [0.1, 0.15) is 174 Å². The fourth-order valence-corrected chi connectivity index (χ4v) is 15.0. The van der Waals surface area contributed by atoms with Gasteiger partial charge in [0.05, 0.1) is 12.5 Å². The van der Waals surface area contributed by atoms with Crippen molar-refractivity contribution >= 4 is 117 Å². The van der Waals surface area contributed by atoms with E-state index in [9.17, 15) is 78.0 Å². The summed E-state index contributed by atoms with van der Waals surface area (Å²) in [7, 11) is 1.22. The van der Waals surface area contributed by atoms with E-state index in [2.05, 4.69) is 52.5 Å². The van der Waals surface area contributed by atoms with Gasteiger partial charge in [-0.25, -0.2) is 0 Å². The number of benzene rings is 2. The molecule has 666 valence electrons. The fourth-order valence-electron chi connectivity index (χ4n) is 15.0. The van der Waals surface area contributed by atoms with Crippen LogP contribution in [0.25, 0.3) is 10.9 Å². The molecule has 0 radical (unpaired) electrons. The number of carbonyl (C=O) groups is 17. The maximum absolute atomic E-state index is 16.5. The number of likely N-dealkylation sites (tertiary alicyclic amines) is 1. The second-order valence-corrected chi connectivity index (χ2v) is 31.7. The summed E-state index contributed by atoms with van der Waals surface area (Å²) in [5.41, 5.74) is 36.7. The Hall–Kier alpha value is -11.9. The van der Waals surface area contributed by atoms with Gasteiger partial charge in [0.15, 0.2) is 5.96 Å². The molecule has 4 heterocycles. The standard InChI is InChI=1S/C80H120N20O21/c1-43(2)37-54(92-67(109)49(83)26-29-64(103)104)70(112)93-55(39-45-22-24-47(101)25-23-45)71(113)89-51(27-30-65(105)106)68(110)94-57(41-63(84)102)73(115)91-53(17-8-10-32-81)75(117)99-36-14-21-61(99)77(119)97(5)60(19-12-34-87-80(85)86)79(121)100-62(18-9-11-33-82)78(120)98-35-13-20-59(98)74(116)95-56(40-46-42-88-50-16-7-6-15-48(46)50)72(114)90-52(28-31-66(107)108)69(111)96-58(76(100)118)38-44(3)4/h6-7,15-16,22-25,42-44,49,51-62,88,101H,8-14,17-21,26-41,81-83H2,1-5H3,(H2,84,102)(H,89,113)(H,90,114)(H,91,115)(H,92,109)(H,93,112)(H,94,110)(H,95,116)(H,96,111)(H,103,104)(H,105,106)(H,107,108)(H4,85,86,87)/t49-,51-,52+,53-,54-,55-,56-,57-,58-,59-,60-,61-,62+/m0/s1. The number of fused-ring (bicyclic) bond motifs is 2. The molecule has 3 aromatic rings. The Morgan fingerprint density at radius 2 is 1.17 bits per heavy atom. The number of nitrogens with two attached hydrogens (primary N) is 6. The normalized spacial score (nSPS) is 19.6. The van der Waals surface area contributed by atoms with Gasteiger partial charge >= 0.3 is 17.9 Å². The number of carbonyl (C=O) groups excluding carboxylic acids is 14. The first-order valence-corrected chi connectivity index (χ1v) is 41.0. The lowest BCUT2D eigenvalue weighted by Gasteiger charge is -2.40. The summed E-state index contributed by atoms with van der Waals surface area (Å²) in [6.45, 7) is 6.57. The first-order chi connectivity index (χ1) is 57.3. The van der Waals surface area contributed by atoms with E-state index in [4.69, 9.17) is 34.4 Å². The molecule has 41 heteroatoms. The molecule has 0 bridgehead atoms. The number of hydrogen-bond donors (Lipinski definition) is 19. The molecule has 3 aliphatic heterocycles. The van der Waals surface area contributed by atoms with E-state index >= 15 is 24.0 Å². The number of nitrogens with one attached hydrogen (secondary N) is 9. The molecule has 2 aromatic carbocycles. The van der Waals surface area contributed by atoms with Gasteiger partial charge in [-0.1, -0.05) is 58.0 Å². The quantitative estimate of drug-likeness (QED) is 0.0155. The van der Waals surface area contributed by atoms with Crippen molar-refractivity contribution < 1.29 is 102 Å². The predicted molar refractivity (Wildman–Crippen MR) is 438 cm³/mol. The van der Waals surface area contributed by atoms with Gasteiger partial charge in [0.2, 0.25) is 70.9 Å². The minimum atomic E-state index is -1.99. The number of guanidine groups is 1. The first kappa shape index (κ1) is 97.9. The highest BCUT2D eigenvalue weighted by molar-refractivity contribution is 6.08. The zero-order chi connectivity index (χ0) is 89.5. The third-order valence-electron chi connectivity index (χ3n) is 21.3. The van der Waals surface area contributed by atoms with Crippen LogP contribution in [0.4, 0.5) is 0 Å². The number of likely N-dealkylation sites (N-methyl/N-ethyl adjacent to an activating group) is 1. The summed E-state index contributed by atoms with van der Waals surface area (Å²) in [4.78, 5) is 256. The van der Waals surface area contributed by atoms with E-state index < -0.39 is 224 Å². The van der Waals surface area contributed by atoms with E-state index in [1.807, 2.05) is 0 Å². The number of primary amides is 1. The summed E-state index contributed by atoms with van der Waals surface area (Å²) in [5, 5.41) is 60.4. The SMILES string of the molecule is CC(C)C[C@H](NC(=O)[C@@H](N)CCC(=O)O)C(=O)N[C@@H](Cc1ccc(O)cc1)C(=O)N[C@@H](CCC(=O)O)C(=O)N[C@@H](CC(N)=O)C(=O)N[C@@H](CCCCN)C(=O)N1CCC[C@H]1C(=O)N(C)[C@@H](CCCN=C(N)N)C(=O)N1C(=O)[C@H](CC(C)C)NC(=O)[C@@H](CCC(=O)O)NC(=O)[C@H](Cc2c[nH]c3ccccc23)NC(=O)[C@@H]2CCCN2C(=O)[C@H]1CCCCN. The molecule has 41 nitrogen and oxygen atoms in total. The lowest BCUT2D eigenvalue weighted by molar-refractivity contribution is -0.162. The molecule has 13 atom stereocenters. The molecule has 3 aliphatic rings. The molecule has 0 spiro atoms. The van der Waals surface area contributed by atoms with E-state index in [1.54, 1.807) is 58.2 Å². The topological polar surface area (TPSA) is 665 Å². The maximum atomic E-state index is 16.5. The lowest BCUT2D eigenvalue weighted by atomic mass is 9.97. The number of amides is 14. The van der Waals surface area contributed by atoms with Crippen molar-refractivity contribution in [2.75, 3.05) is 39.8 Å². The number of aromatic nitrogens is 1. The zero-order valence-corrected chi connectivity index (χ0v) is 69.1. The Morgan fingerprint density at radius 1 is 0.587 bits per heavy atom. The molecule has 3 fully saturated rings. The second-order valence-electron chi connectivity index (χ2n) is 31.7. The molecular formula is C80H120N20O21. The molecule has 3 saturated heterocycles. The highest BCUT2D eigenvalue weighted by Crippen LogP contribution is 2.30. The third-order valence-corrected chi connectivity index (χ3v) is 21.3. The number of aromatic hydroxyl groups is 1. The number of phenols is 1. The number of phenolic OH excluding ortho intramolecular Hbond substituents is 1. The molecule has 14 amide bonds. The van der Waals surface area contributed by atoms with Crippen LogP contribution < -0.4 is 76.9 Å². The third kappa shape index (κ3) is 29.8. The maximum Gasteiger partial charge on any atom is 0.303 e. The number of hydrogen-bond acceptors (Lipinski definition) is 22. The number of aromatic amines is 1. The van der Waals surface area contributed by atoms with Gasteiger partial charge in [-0.3, -0.25) is 91.4 Å². The number of unbranched alkanes of at least 4 members (excludes halogenated alkanes) is 2. The number of rotatable bonds is 45. The minimum Gasteiger partial charge on any atom is -0.508 e. The predicted octanol–water partition coefficient (Wildman–Crippen LogP) is -2.72. The smallest absolute Gasteiger partial charge is 0.303 e. The Morgan fingerprint density at radius 3 is 1.81 bits per heavy atom. The van der Waals surface area contributed by atoms with Gasteiger partial charge in [-0.15, -0.1) is 0 Å².